The lowest BCUT2D eigenvalue weighted by Crippen LogP contribution is -2.05. The average Bonchev–Trinajstić information content (AvgIpc) is 2.63. The summed E-state index contributed by atoms with van der Waals surface area (Å²) in [6.45, 7) is 2.14. The summed E-state index contributed by atoms with van der Waals surface area (Å²) < 4.78 is 5.87. The highest BCUT2D eigenvalue weighted by molar-refractivity contribution is 9.10. The molecule has 2 rings (SSSR count). The number of ketones is 1. The Balaban J connectivity index is 2.09. The van der Waals surface area contributed by atoms with Crippen LogP contribution in [0.1, 0.15) is 36.7 Å². The average molecular weight is 243 g/mol. The SMILES string of the molecule is CC1(CC(=O)c2occc2Br)CC1. The first-order chi connectivity index (χ1) is 6.11. The highest BCUT2D eigenvalue weighted by Crippen LogP contribution is 2.48. The molecule has 0 N–H and O–H groups in total. The first-order valence-electron chi connectivity index (χ1n) is 4.37. The van der Waals surface area contributed by atoms with Crippen LogP contribution in [0.25, 0.3) is 0 Å². The van der Waals surface area contributed by atoms with Crippen molar-refractivity contribution in [2.45, 2.75) is 26.2 Å². The largest absolute Gasteiger partial charge is 0.460 e. The van der Waals surface area contributed by atoms with E-state index in [4.69, 9.17) is 4.42 Å². The van der Waals surface area contributed by atoms with Gasteiger partial charge in [-0.15, -0.1) is 0 Å². The van der Waals surface area contributed by atoms with Gasteiger partial charge in [0.2, 0.25) is 0 Å². The molecule has 1 saturated carbocycles. The van der Waals surface area contributed by atoms with Crippen LogP contribution in [-0.4, -0.2) is 5.78 Å². The van der Waals surface area contributed by atoms with Gasteiger partial charge in [0.05, 0.1) is 10.7 Å². The third kappa shape index (κ3) is 1.85. The summed E-state index contributed by atoms with van der Waals surface area (Å²) in [4.78, 5) is 11.7. The smallest absolute Gasteiger partial charge is 0.199 e. The zero-order chi connectivity index (χ0) is 9.47. The Morgan fingerprint density at radius 2 is 2.38 bits per heavy atom. The molecule has 0 unspecified atom stereocenters. The molecule has 1 aliphatic carbocycles. The zero-order valence-corrected chi connectivity index (χ0v) is 9.06. The second-order valence-electron chi connectivity index (χ2n) is 4.01. The highest BCUT2D eigenvalue weighted by Gasteiger charge is 2.40. The van der Waals surface area contributed by atoms with E-state index in [1.165, 1.54) is 6.26 Å². The molecule has 2 nitrogen and oxygen atoms in total. The highest BCUT2D eigenvalue weighted by atomic mass is 79.9. The van der Waals surface area contributed by atoms with E-state index in [1.807, 2.05) is 0 Å². The van der Waals surface area contributed by atoms with Gasteiger partial charge in [0.1, 0.15) is 0 Å². The number of hydrogen-bond donors (Lipinski definition) is 0. The Bertz CT molecular complexity index is 336. The molecule has 1 aromatic rings. The standard InChI is InChI=1S/C10H11BrO2/c1-10(3-4-10)6-8(12)9-7(11)2-5-13-9/h2,5H,3-4,6H2,1H3. The van der Waals surface area contributed by atoms with E-state index in [2.05, 4.69) is 22.9 Å². The van der Waals surface area contributed by atoms with Crippen molar-refractivity contribution in [3.63, 3.8) is 0 Å². The van der Waals surface area contributed by atoms with Crippen LogP contribution < -0.4 is 0 Å². The summed E-state index contributed by atoms with van der Waals surface area (Å²) in [5, 5.41) is 0. The second kappa shape index (κ2) is 2.98. The monoisotopic (exact) mass is 242 g/mol. The van der Waals surface area contributed by atoms with Crippen LogP contribution in [0.2, 0.25) is 0 Å². The molecule has 0 aliphatic heterocycles. The van der Waals surface area contributed by atoms with Crippen molar-refractivity contribution >= 4 is 21.7 Å². The van der Waals surface area contributed by atoms with E-state index < -0.39 is 0 Å². The van der Waals surface area contributed by atoms with Crippen LogP contribution in [0.15, 0.2) is 21.2 Å². The summed E-state index contributed by atoms with van der Waals surface area (Å²) in [6.07, 6.45) is 4.47. The number of hydrogen-bond acceptors (Lipinski definition) is 2. The summed E-state index contributed by atoms with van der Waals surface area (Å²) in [5.41, 5.74) is 0.253. The van der Waals surface area contributed by atoms with Gasteiger partial charge in [-0.1, -0.05) is 6.92 Å². The molecule has 13 heavy (non-hydrogen) atoms. The summed E-state index contributed by atoms with van der Waals surface area (Å²) in [5.74, 6) is 0.574. The minimum absolute atomic E-state index is 0.108. The summed E-state index contributed by atoms with van der Waals surface area (Å²) in [7, 11) is 0. The molecule has 0 bridgehead atoms. The first kappa shape index (κ1) is 9.00. The quantitative estimate of drug-likeness (QED) is 0.761. The van der Waals surface area contributed by atoms with Crippen LogP contribution in [0.4, 0.5) is 0 Å². The molecule has 1 fully saturated rings. The minimum Gasteiger partial charge on any atom is -0.460 e. The first-order valence-corrected chi connectivity index (χ1v) is 5.16. The lowest BCUT2D eigenvalue weighted by Gasteiger charge is -2.04. The van der Waals surface area contributed by atoms with Gasteiger partial charge in [0, 0.05) is 6.42 Å². The Labute approximate surface area is 85.4 Å². The number of halogens is 1. The normalized spacial score (nSPS) is 18.6. The molecule has 0 aromatic carbocycles. The Morgan fingerprint density at radius 3 is 2.85 bits per heavy atom. The zero-order valence-electron chi connectivity index (χ0n) is 7.47. The van der Waals surface area contributed by atoms with Crippen molar-refractivity contribution in [1.82, 2.24) is 0 Å². The summed E-state index contributed by atoms with van der Waals surface area (Å²) >= 11 is 3.28. The van der Waals surface area contributed by atoms with Gasteiger partial charge < -0.3 is 4.42 Å². The van der Waals surface area contributed by atoms with Crippen LogP contribution in [0, 0.1) is 5.41 Å². The van der Waals surface area contributed by atoms with Crippen molar-refractivity contribution in [2.75, 3.05) is 0 Å². The third-order valence-corrected chi connectivity index (χ3v) is 3.19. The lowest BCUT2D eigenvalue weighted by atomic mass is 10.0. The number of furan rings is 1. The van der Waals surface area contributed by atoms with Gasteiger partial charge in [-0.2, -0.15) is 0 Å². The van der Waals surface area contributed by atoms with E-state index in [-0.39, 0.29) is 11.2 Å². The summed E-state index contributed by atoms with van der Waals surface area (Å²) in [6, 6.07) is 1.75. The van der Waals surface area contributed by atoms with Gasteiger partial charge in [0.15, 0.2) is 11.5 Å². The van der Waals surface area contributed by atoms with Gasteiger partial charge in [-0.25, -0.2) is 0 Å². The van der Waals surface area contributed by atoms with Crippen molar-refractivity contribution in [1.29, 1.82) is 0 Å². The molecule has 0 atom stereocenters. The Morgan fingerprint density at radius 1 is 1.69 bits per heavy atom. The van der Waals surface area contributed by atoms with Crippen LogP contribution in [0.5, 0.6) is 0 Å². The van der Waals surface area contributed by atoms with Crippen molar-refractivity contribution in [2.24, 2.45) is 5.41 Å². The van der Waals surface area contributed by atoms with Crippen LogP contribution >= 0.6 is 15.9 Å². The van der Waals surface area contributed by atoms with Gasteiger partial charge in [-0.3, -0.25) is 4.79 Å². The third-order valence-electron chi connectivity index (χ3n) is 2.56. The molecule has 1 aromatic heterocycles. The Kier molecular flexibility index (Phi) is 2.06. The van der Waals surface area contributed by atoms with Crippen LogP contribution in [-0.2, 0) is 0 Å². The molecule has 0 amide bonds. The predicted octanol–water partition coefficient (Wildman–Crippen LogP) is 3.42. The van der Waals surface area contributed by atoms with Gasteiger partial charge in [0.25, 0.3) is 0 Å². The van der Waals surface area contributed by atoms with Gasteiger partial charge in [-0.05, 0) is 40.3 Å². The predicted molar refractivity (Wildman–Crippen MR) is 52.7 cm³/mol. The maximum Gasteiger partial charge on any atom is 0.199 e. The fourth-order valence-electron chi connectivity index (χ4n) is 1.35. The molecule has 0 spiro atoms. The van der Waals surface area contributed by atoms with E-state index >= 15 is 0 Å². The molecular weight excluding hydrogens is 232 g/mol. The lowest BCUT2D eigenvalue weighted by molar-refractivity contribution is 0.0931. The van der Waals surface area contributed by atoms with E-state index in [9.17, 15) is 4.79 Å². The van der Waals surface area contributed by atoms with E-state index in [1.54, 1.807) is 6.07 Å². The van der Waals surface area contributed by atoms with E-state index in [0.29, 0.717) is 12.2 Å². The van der Waals surface area contributed by atoms with Crippen LogP contribution in [0.3, 0.4) is 0 Å². The molecule has 3 heteroatoms. The molecule has 70 valence electrons. The molecular formula is C10H11BrO2. The molecule has 0 saturated heterocycles. The minimum atomic E-state index is 0.108. The molecule has 1 heterocycles. The molecule has 0 radical (unpaired) electrons. The maximum atomic E-state index is 11.7. The fourth-order valence-corrected chi connectivity index (χ4v) is 1.77. The number of Topliss-reactive ketones (excluding diaryl/α,β-unsaturated/α-hetero) is 1. The Hall–Kier alpha value is -0.570. The second-order valence-corrected chi connectivity index (χ2v) is 4.86. The topological polar surface area (TPSA) is 30.2 Å². The van der Waals surface area contributed by atoms with Gasteiger partial charge >= 0.3 is 0 Å². The molecule has 1 aliphatic rings. The number of carbonyl (C=O) groups excluding carboxylic acids is 1. The number of rotatable bonds is 3. The van der Waals surface area contributed by atoms with E-state index in [0.717, 1.165) is 17.3 Å². The maximum absolute atomic E-state index is 11.7. The number of carbonyl (C=O) groups is 1. The van der Waals surface area contributed by atoms with Crippen molar-refractivity contribution in [3.8, 4) is 0 Å². The fraction of sp³-hybridized carbons (Fsp3) is 0.500. The van der Waals surface area contributed by atoms with Crippen molar-refractivity contribution < 1.29 is 9.21 Å². The van der Waals surface area contributed by atoms with Crippen molar-refractivity contribution in [3.05, 3.63) is 22.6 Å².